The maximum atomic E-state index is 10.3. The number of aliphatic hydroxyl groups is 3. The van der Waals surface area contributed by atoms with Gasteiger partial charge in [0.25, 0.3) is 0 Å². The molecular weight excluding hydrogens is 438 g/mol. The molecular formula is C21H20ClN5O3S. The van der Waals surface area contributed by atoms with Crippen molar-refractivity contribution in [3.8, 4) is 22.4 Å². The predicted octanol–water partition coefficient (Wildman–Crippen LogP) is 1.75. The Hall–Kier alpha value is -2.74. The summed E-state index contributed by atoms with van der Waals surface area (Å²) in [6.07, 6.45) is -0.0282. The van der Waals surface area contributed by atoms with Crippen LogP contribution in [0.25, 0.3) is 10.6 Å². The number of rotatable bonds is 4. The van der Waals surface area contributed by atoms with Gasteiger partial charge in [-0.2, -0.15) is 9.97 Å². The molecule has 0 aliphatic heterocycles. The van der Waals surface area contributed by atoms with Crippen LogP contribution in [0.4, 0.5) is 11.8 Å². The SMILES string of the molecule is Nc1nc(Cl)c(C#Cc2ccc(-c3ccccn3)s2)c(NC2CC(CO)C(O)C2O)n1. The molecule has 3 aromatic heterocycles. The number of nitrogens with two attached hydrogens (primary N) is 1. The van der Waals surface area contributed by atoms with Crippen molar-refractivity contribution in [1.29, 1.82) is 0 Å². The maximum Gasteiger partial charge on any atom is 0.223 e. The molecule has 1 aliphatic rings. The Balaban J connectivity index is 1.61. The lowest BCUT2D eigenvalue weighted by Gasteiger charge is -2.19. The predicted molar refractivity (Wildman–Crippen MR) is 120 cm³/mol. The molecule has 4 atom stereocenters. The van der Waals surface area contributed by atoms with E-state index in [-0.39, 0.29) is 23.5 Å². The van der Waals surface area contributed by atoms with E-state index in [1.54, 1.807) is 6.20 Å². The molecule has 0 bridgehead atoms. The molecule has 1 saturated carbocycles. The van der Waals surface area contributed by atoms with Crippen LogP contribution < -0.4 is 11.1 Å². The van der Waals surface area contributed by atoms with Crippen LogP contribution in [-0.4, -0.2) is 55.1 Å². The number of pyridine rings is 1. The Kier molecular flexibility index (Phi) is 6.36. The molecule has 0 radical (unpaired) electrons. The first-order valence-electron chi connectivity index (χ1n) is 9.56. The lowest BCUT2D eigenvalue weighted by atomic mass is 10.1. The van der Waals surface area contributed by atoms with Gasteiger partial charge in [-0.25, -0.2) is 0 Å². The average Bonchev–Trinajstić information content (AvgIpc) is 3.34. The molecule has 3 heterocycles. The third kappa shape index (κ3) is 4.63. The van der Waals surface area contributed by atoms with Gasteiger partial charge >= 0.3 is 0 Å². The number of hydrogen-bond donors (Lipinski definition) is 5. The van der Waals surface area contributed by atoms with Gasteiger partial charge in [0.1, 0.15) is 17.5 Å². The lowest BCUT2D eigenvalue weighted by Crippen LogP contribution is -2.35. The van der Waals surface area contributed by atoms with Gasteiger partial charge in [-0.3, -0.25) is 4.98 Å². The summed E-state index contributed by atoms with van der Waals surface area (Å²) >= 11 is 7.77. The number of nitrogens with one attached hydrogen (secondary N) is 1. The van der Waals surface area contributed by atoms with E-state index in [0.29, 0.717) is 12.0 Å². The molecule has 4 rings (SSSR count). The maximum absolute atomic E-state index is 10.3. The fraction of sp³-hybridized carbons (Fsp3) is 0.286. The van der Waals surface area contributed by atoms with Crippen molar-refractivity contribution >= 4 is 34.7 Å². The van der Waals surface area contributed by atoms with Crippen LogP contribution in [0.15, 0.2) is 36.5 Å². The van der Waals surface area contributed by atoms with Gasteiger partial charge in [0.15, 0.2) is 5.15 Å². The fourth-order valence-corrected chi connectivity index (χ4v) is 4.52. The van der Waals surface area contributed by atoms with Crippen LogP contribution in [0.5, 0.6) is 0 Å². The first-order valence-corrected chi connectivity index (χ1v) is 10.8. The number of hydrogen-bond acceptors (Lipinski definition) is 9. The summed E-state index contributed by atoms with van der Waals surface area (Å²) < 4.78 is 0. The molecule has 160 valence electrons. The third-order valence-electron chi connectivity index (χ3n) is 5.07. The molecule has 1 aliphatic carbocycles. The minimum atomic E-state index is -1.08. The summed E-state index contributed by atoms with van der Waals surface area (Å²) in [5.41, 5.74) is 6.94. The molecule has 31 heavy (non-hydrogen) atoms. The number of anilines is 2. The zero-order valence-electron chi connectivity index (χ0n) is 16.2. The van der Waals surface area contributed by atoms with Crippen molar-refractivity contribution in [2.45, 2.75) is 24.7 Å². The third-order valence-corrected chi connectivity index (χ3v) is 6.37. The monoisotopic (exact) mass is 457 g/mol. The summed E-state index contributed by atoms with van der Waals surface area (Å²) in [6.45, 7) is -0.229. The highest BCUT2D eigenvalue weighted by atomic mass is 35.5. The summed E-state index contributed by atoms with van der Waals surface area (Å²) in [5.74, 6) is 5.83. The average molecular weight is 458 g/mol. The van der Waals surface area contributed by atoms with Crippen molar-refractivity contribution in [1.82, 2.24) is 15.0 Å². The van der Waals surface area contributed by atoms with Crippen LogP contribution in [-0.2, 0) is 0 Å². The van der Waals surface area contributed by atoms with Crippen LogP contribution >= 0.6 is 22.9 Å². The van der Waals surface area contributed by atoms with Crippen LogP contribution in [0, 0.1) is 17.8 Å². The van der Waals surface area contributed by atoms with E-state index in [0.717, 1.165) is 15.4 Å². The van der Waals surface area contributed by atoms with E-state index in [1.807, 2.05) is 30.3 Å². The first-order chi connectivity index (χ1) is 15.0. The number of thiophene rings is 1. The van der Waals surface area contributed by atoms with E-state index < -0.39 is 24.2 Å². The van der Waals surface area contributed by atoms with Gasteiger partial charge in [-0.05, 0) is 30.7 Å². The second kappa shape index (κ2) is 9.18. The van der Waals surface area contributed by atoms with E-state index >= 15 is 0 Å². The second-order valence-corrected chi connectivity index (χ2v) is 8.58. The fourth-order valence-electron chi connectivity index (χ4n) is 3.46. The van der Waals surface area contributed by atoms with Gasteiger partial charge in [-0.15, -0.1) is 11.3 Å². The van der Waals surface area contributed by atoms with E-state index in [2.05, 4.69) is 32.1 Å². The number of aliphatic hydroxyl groups excluding tert-OH is 3. The molecule has 6 N–H and O–H groups in total. The number of halogens is 1. The highest BCUT2D eigenvalue weighted by molar-refractivity contribution is 7.16. The minimum Gasteiger partial charge on any atom is -0.396 e. The molecule has 8 nitrogen and oxygen atoms in total. The van der Waals surface area contributed by atoms with E-state index in [1.165, 1.54) is 11.3 Å². The van der Waals surface area contributed by atoms with Gasteiger partial charge in [-0.1, -0.05) is 29.5 Å². The Morgan fingerprint density at radius 3 is 2.71 bits per heavy atom. The zero-order valence-corrected chi connectivity index (χ0v) is 17.8. The highest BCUT2D eigenvalue weighted by Crippen LogP contribution is 2.31. The van der Waals surface area contributed by atoms with Gasteiger partial charge in [0, 0.05) is 18.7 Å². The largest absolute Gasteiger partial charge is 0.396 e. The normalized spacial score (nSPS) is 22.7. The standard InChI is InChI=1S/C21H20ClN5O3S/c22-19-13(6-4-12-5-7-16(31-12)14-3-1-2-8-24-14)20(27-21(23)26-19)25-15-9-11(10-28)17(29)18(15)30/h1-3,5,7-8,11,15,17-18,28-30H,9-10H2,(H3,23,25,26,27). The Morgan fingerprint density at radius 1 is 1.16 bits per heavy atom. The summed E-state index contributed by atoms with van der Waals surface area (Å²) in [4.78, 5) is 14.3. The van der Waals surface area contributed by atoms with E-state index in [9.17, 15) is 15.3 Å². The Morgan fingerprint density at radius 2 is 2.00 bits per heavy atom. The molecule has 0 amide bonds. The zero-order chi connectivity index (χ0) is 22.0. The Labute approximate surface area is 187 Å². The number of nitrogens with zero attached hydrogens (tertiary/aromatic N) is 3. The molecule has 4 unspecified atom stereocenters. The van der Waals surface area contributed by atoms with Crippen LogP contribution in [0.3, 0.4) is 0 Å². The highest BCUT2D eigenvalue weighted by Gasteiger charge is 2.41. The molecule has 1 fully saturated rings. The minimum absolute atomic E-state index is 0.0432. The number of nitrogen functional groups attached to an aromatic ring is 1. The first kappa shape index (κ1) is 21.5. The van der Waals surface area contributed by atoms with Crippen molar-refractivity contribution in [2.24, 2.45) is 5.92 Å². The van der Waals surface area contributed by atoms with Gasteiger partial charge in [0.2, 0.25) is 5.95 Å². The molecule has 3 aromatic rings. The van der Waals surface area contributed by atoms with Crippen molar-refractivity contribution in [2.75, 3.05) is 17.7 Å². The van der Waals surface area contributed by atoms with Gasteiger partial charge < -0.3 is 26.4 Å². The summed E-state index contributed by atoms with van der Waals surface area (Å²) in [5, 5.41) is 32.9. The molecule has 10 heteroatoms. The summed E-state index contributed by atoms with van der Waals surface area (Å²) in [7, 11) is 0. The molecule has 0 spiro atoms. The smallest absolute Gasteiger partial charge is 0.223 e. The molecule has 0 aromatic carbocycles. The van der Waals surface area contributed by atoms with Crippen molar-refractivity contribution in [3.63, 3.8) is 0 Å². The lowest BCUT2D eigenvalue weighted by molar-refractivity contribution is 0.00445. The Bertz CT molecular complexity index is 1130. The van der Waals surface area contributed by atoms with E-state index in [4.69, 9.17) is 17.3 Å². The molecule has 0 saturated heterocycles. The van der Waals surface area contributed by atoms with Crippen LogP contribution in [0.1, 0.15) is 16.9 Å². The van der Waals surface area contributed by atoms with Gasteiger partial charge in [0.05, 0.1) is 27.6 Å². The van der Waals surface area contributed by atoms with Crippen LogP contribution in [0.2, 0.25) is 5.15 Å². The summed E-state index contributed by atoms with van der Waals surface area (Å²) in [6, 6.07) is 9.00. The number of aromatic nitrogens is 3. The van der Waals surface area contributed by atoms with Crippen molar-refractivity contribution in [3.05, 3.63) is 52.1 Å². The second-order valence-electron chi connectivity index (χ2n) is 7.14. The topological polar surface area (TPSA) is 137 Å². The van der Waals surface area contributed by atoms with Crippen molar-refractivity contribution < 1.29 is 15.3 Å². The quantitative estimate of drug-likeness (QED) is 0.295.